The molecule has 3 aromatic rings. The van der Waals surface area contributed by atoms with Crippen molar-refractivity contribution < 1.29 is 22.8 Å². The maximum Gasteiger partial charge on any atom is 0.270 e. The van der Waals surface area contributed by atoms with E-state index in [0.29, 0.717) is 24.9 Å². The van der Waals surface area contributed by atoms with Crippen LogP contribution in [0.3, 0.4) is 0 Å². The second-order valence-corrected chi connectivity index (χ2v) is 13.9. The molecule has 1 fully saturated rings. The third kappa shape index (κ3) is 7.48. The van der Waals surface area contributed by atoms with Crippen molar-refractivity contribution in [1.29, 1.82) is 0 Å². The minimum atomic E-state index is -3.73. The number of rotatable bonds is 9. The number of para-hydroxylation sites is 1. The van der Waals surface area contributed by atoms with Gasteiger partial charge in [0.25, 0.3) is 5.91 Å². The number of nitrogens with one attached hydrogen (secondary N) is 3. The van der Waals surface area contributed by atoms with Crippen LogP contribution in [0.5, 0.6) is 0 Å². The van der Waals surface area contributed by atoms with Crippen LogP contribution in [0, 0.1) is 5.41 Å². The fraction of sp³-hybridized carbons (Fsp3) is 0.444. The summed E-state index contributed by atoms with van der Waals surface area (Å²) in [6.45, 7) is 5.79. The van der Waals surface area contributed by atoms with Crippen molar-refractivity contribution >= 4 is 50.1 Å². The number of hydrogen-bond donors (Lipinski definition) is 3. The predicted molar refractivity (Wildman–Crippen MR) is 156 cm³/mol. The molecule has 1 aliphatic heterocycles. The first-order chi connectivity index (χ1) is 19.7. The normalized spacial score (nSPS) is 17.6. The van der Waals surface area contributed by atoms with E-state index in [9.17, 15) is 22.8 Å². The van der Waals surface area contributed by atoms with E-state index < -0.39 is 55.5 Å². The number of aromatic amines is 1. The first-order valence-corrected chi connectivity index (χ1v) is 15.6. The molecular formula is C27H33ClN8O5S. The van der Waals surface area contributed by atoms with Gasteiger partial charge in [-0.3, -0.25) is 14.4 Å². The van der Waals surface area contributed by atoms with Gasteiger partial charge in [0.15, 0.2) is 15.7 Å². The number of H-pyrrole nitrogens is 1. The van der Waals surface area contributed by atoms with Gasteiger partial charge in [-0.25, -0.2) is 13.4 Å². The molecule has 3 N–H and O–H groups in total. The second-order valence-electron chi connectivity index (χ2n) is 11.2. The zero-order chi connectivity index (χ0) is 30.7. The average Bonchev–Trinajstić information content (AvgIpc) is 3.62. The highest BCUT2D eigenvalue weighted by Crippen LogP contribution is 2.26. The molecule has 224 valence electrons. The van der Waals surface area contributed by atoms with Gasteiger partial charge in [0.2, 0.25) is 11.8 Å². The van der Waals surface area contributed by atoms with Crippen molar-refractivity contribution in [1.82, 2.24) is 41.1 Å². The maximum absolute atomic E-state index is 13.9. The van der Waals surface area contributed by atoms with Crippen molar-refractivity contribution in [3.05, 3.63) is 58.4 Å². The number of nitrogens with zero attached hydrogens (tertiary/aromatic N) is 5. The summed E-state index contributed by atoms with van der Waals surface area (Å²) in [5.41, 5.74) is 0.130. The Labute approximate surface area is 248 Å². The van der Waals surface area contributed by atoms with Crippen molar-refractivity contribution in [2.45, 2.75) is 58.2 Å². The van der Waals surface area contributed by atoms with E-state index in [0.717, 1.165) is 11.6 Å². The van der Waals surface area contributed by atoms with Crippen LogP contribution in [0.4, 0.5) is 0 Å². The molecule has 3 amide bonds. The van der Waals surface area contributed by atoms with E-state index in [1.165, 1.54) is 11.0 Å². The fourth-order valence-corrected chi connectivity index (χ4v) is 5.26. The number of carbonyl (C=O) groups is 3. The highest BCUT2D eigenvalue weighted by molar-refractivity contribution is 7.96. The monoisotopic (exact) mass is 616 g/mol. The topological polar surface area (TPSA) is 180 Å². The van der Waals surface area contributed by atoms with Crippen LogP contribution in [-0.2, 0) is 25.8 Å². The predicted octanol–water partition coefficient (Wildman–Crippen LogP) is 1.74. The van der Waals surface area contributed by atoms with Gasteiger partial charge in [0.05, 0.1) is 11.6 Å². The Morgan fingerprint density at radius 2 is 1.90 bits per heavy atom. The molecule has 0 unspecified atom stereocenters. The third-order valence-electron chi connectivity index (χ3n) is 6.86. The van der Waals surface area contributed by atoms with Crippen LogP contribution >= 0.6 is 11.6 Å². The van der Waals surface area contributed by atoms with Crippen LogP contribution in [0.15, 0.2) is 46.8 Å². The molecule has 3 atom stereocenters. The summed E-state index contributed by atoms with van der Waals surface area (Å²) in [5.74, 6) is -1.19. The van der Waals surface area contributed by atoms with Crippen LogP contribution in [-0.4, -0.2) is 87.6 Å². The second kappa shape index (κ2) is 12.5. The van der Waals surface area contributed by atoms with Crippen molar-refractivity contribution in [3.8, 4) is 0 Å². The highest BCUT2D eigenvalue weighted by Gasteiger charge is 2.42. The Kier molecular flexibility index (Phi) is 9.26. The number of likely N-dealkylation sites (tertiary alicyclic amines) is 1. The highest BCUT2D eigenvalue weighted by atomic mass is 35.5. The number of hydrogen-bond acceptors (Lipinski definition) is 9. The number of halogens is 1. The van der Waals surface area contributed by atoms with E-state index in [4.69, 9.17) is 11.6 Å². The van der Waals surface area contributed by atoms with E-state index in [1.54, 1.807) is 18.2 Å². The summed E-state index contributed by atoms with van der Waals surface area (Å²) in [5, 5.41) is 20.0. The lowest BCUT2D eigenvalue weighted by Gasteiger charge is -2.35. The lowest BCUT2D eigenvalue weighted by molar-refractivity contribution is -0.142. The number of sulfone groups is 1. The molecule has 15 heteroatoms. The molecule has 0 spiro atoms. The molecule has 0 radical (unpaired) electrons. The summed E-state index contributed by atoms with van der Waals surface area (Å²) >= 11 is 5.98. The zero-order valence-corrected chi connectivity index (χ0v) is 25.2. The summed E-state index contributed by atoms with van der Waals surface area (Å²) in [6, 6.07) is 8.09. The minimum Gasteiger partial charge on any atom is -0.348 e. The van der Waals surface area contributed by atoms with Gasteiger partial charge in [-0.2, -0.15) is 5.21 Å². The molecule has 42 heavy (non-hydrogen) atoms. The first kappa shape index (κ1) is 31.0. The summed E-state index contributed by atoms with van der Waals surface area (Å²) in [7, 11) is -3.73. The van der Waals surface area contributed by atoms with Crippen LogP contribution in [0.25, 0.3) is 10.9 Å². The molecular weight excluding hydrogens is 584 g/mol. The van der Waals surface area contributed by atoms with Crippen molar-refractivity contribution in [2.24, 2.45) is 5.41 Å². The number of carbonyl (C=O) groups excluding carboxylic acids is 3. The number of fused-ring (bicyclic) bond motifs is 1. The summed E-state index contributed by atoms with van der Waals surface area (Å²) < 4.78 is 23.4. The van der Waals surface area contributed by atoms with Gasteiger partial charge in [0, 0.05) is 24.6 Å². The number of pyridine rings is 1. The maximum atomic E-state index is 13.9. The van der Waals surface area contributed by atoms with Crippen LogP contribution in [0.1, 0.15) is 49.9 Å². The minimum absolute atomic E-state index is 0.00801. The van der Waals surface area contributed by atoms with Gasteiger partial charge in [0.1, 0.15) is 22.1 Å². The van der Waals surface area contributed by atoms with Crippen molar-refractivity contribution in [3.63, 3.8) is 0 Å². The lowest BCUT2D eigenvalue weighted by Crippen LogP contribution is -2.58. The quantitative estimate of drug-likeness (QED) is 0.323. The number of benzene rings is 1. The molecule has 1 saturated heterocycles. The van der Waals surface area contributed by atoms with E-state index in [-0.39, 0.29) is 17.9 Å². The first-order valence-electron chi connectivity index (χ1n) is 13.3. The Morgan fingerprint density at radius 1 is 1.17 bits per heavy atom. The SMILES string of the molecule is CC(C)(C)[C@H](NC(=O)c1ccc2ccccc2n1)C(=O)N1CCC[C@@H]1C(=O)N[C@H](/C=C(\Cl)S(C)(=O)=O)Cc1nn[nH]n1. The van der Waals surface area contributed by atoms with Gasteiger partial charge >= 0.3 is 0 Å². The number of aromatic nitrogens is 5. The van der Waals surface area contributed by atoms with Crippen LogP contribution in [0.2, 0.25) is 0 Å². The molecule has 0 aliphatic carbocycles. The van der Waals surface area contributed by atoms with E-state index in [2.05, 4.69) is 36.2 Å². The van der Waals surface area contributed by atoms with E-state index >= 15 is 0 Å². The molecule has 1 aromatic carbocycles. The molecule has 3 heterocycles. The van der Waals surface area contributed by atoms with Crippen LogP contribution < -0.4 is 10.6 Å². The lowest BCUT2D eigenvalue weighted by atomic mass is 9.85. The Bertz CT molecular complexity index is 1600. The number of amides is 3. The van der Waals surface area contributed by atoms with Gasteiger partial charge in [-0.15, -0.1) is 10.2 Å². The Morgan fingerprint density at radius 3 is 2.57 bits per heavy atom. The molecule has 1 aliphatic rings. The Balaban J connectivity index is 1.53. The summed E-state index contributed by atoms with van der Waals surface area (Å²) in [4.78, 5) is 46.5. The molecule has 2 aromatic heterocycles. The van der Waals surface area contributed by atoms with Gasteiger partial charge in [-0.1, -0.05) is 61.9 Å². The smallest absolute Gasteiger partial charge is 0.270 e. The molecule has 0 bridgehead atoms. The Hall–Kier alpha value is -3.91. The van der Waals surface area contributed by atoms with Crippen molar-refractivity contribution in [2.75, 3.05) is 12.8 Å². The number of tetrazole rings is 1. The fourth-order valence-electron chi connectivity index (χ4n) is 4.69. The molecule has 13 nitrogen and oxygen atoms in total. The standard InChI is InChI=1S/C27H33ClN8O5S/c1-27(2,3)23(31-24(37)19-12-11-16-8-5-6-9-18(16)30-19)26(39)36-13-7-10-20(36)25(38)29-17(14-21(28)42(4,40)41)15-22-32-34-35-33-22/h5-6,8-9,11-12,14,17,20,23H,7,10,13,15H2,1-4H3,(H,29,38)(H,31,37)(H,32,33,34,35)/b21-14+/t17-,20-,23-/m1/s1. The third-order valence-corrected chi connectivity index (χ3v) is 8.68. The van der Waals surface area contributed by atoms with Gasteiger partial charge < -0.3 is 15.5 Å². The molecule has 4 rings (SSSR count). The average molecular weight is 617 g/mol. The molecule has 0 saturated carbocycles. The zero-order valence-electron chi connectivity index (χ0n) is 23.7. The summed E-state index contributed by atoms with van der Waals surface area (Å²) in [6.07, 6.45) is 3.10. The largest absolute Gasteiger partial charge is 0.348 e. The van der Waals surface area contributed by atoms with E-state index in [1.807, 2.05) is 39.0 Å². The van der Waals surface area contributed by atoms with Gasteiger partial charge in [-0.05, 0) is 36.5 Å².